The van der Waals surface area contributed by atoms with E-state index in [1.165, 1.54) is 19.2 Å². The fourth-order valence-corrected chi connectivity index (χ4v) is 4.74. The number of carbonyl (C=O) groups is 1. The number of nitrogens with zero attached hydrogens (tertiary/aromatic N) is 4. The van der Waals surface area contributed by atoms with Gasteiger partial charge in [-0.3, -0.25) is 9.69 Å². The molecule has 192 valence electrons. The van der Waals surface area contributed by atoms with Gasteiger partial charge < -0.3 is 16.0 Å². The molecule has 0 bridgehead atoms. The highest BCUT2D eigenvalue weighted by atomic mass is 32.2. The minimum Gasteiger partial charge on any atom is -0.365 e. The van der Waals surface area contributed by atoms with E-state index in [9.17, 15) is 26.4 Å². The van der Waals surface area contributed by atoms with Gasteiger partial charge in [-0.25, -0.2) is 17.8 Å². The number of hydrogen-bond donors (Lipinski definition) is 3. The van der Waals surface area contributed by atoms with Crippen LogP contribution in [0.2, 0.25) is 0 Å². The number of likely N-dealkylation sites (N-methyl/N-ethyl adjacent to an activating group) is 1. The van der Waals surface area contributed by atoms with Gasteiger partial charge in [0.2, 0.25) is 21.9 Å². The lowest BCUT2D eigenvalue weighted by Crippen LogP contribution is -2.64. The van der Waals surface area contributed by atoms with Gasteiger partial charge in [-0.1, -0.05) is 12.1 Å². The number of amides is 1. The van der Waals surface area contributed by atoms with Crippen LogP contribution in [0.4, 0.5) is 36.3 Å². The summed E-state index contributed by atoms with van der Waals surface area (Å²) in [5.74, 6) is -2.17. The molecule has 36 heavy (non-hydrogen) atoms. The number of hydrogen-bond acceptors (Lipinski definition) is 8. The van der Waals surface area contributed by atoms with E-state index in [4.69, 9.17) is 0 Å². The monoisotopic (exact) mass is 523 g/mol. The molecule has 14 heteroatoms. The van der Waals surface area contributed by atoms with Crippen LogP contribution in [0.3, 0.4) is 0 Å². The van der Waals surface area contributed by atoms with Gasteiger partial charge in [0.15, 0.2) is 11.6 Å². The second-order valence-electron chi connectivity index (χ2n) is 8.48. The minimum atomic E-state index is -3.85. The van der Waals surface area contributed by atoms with E-state index in [2.05, 4.69) is 25.9 Å². The van der Waals surface area contributed by atoms with Crippen LogP contribution in [-0.4, -0.2) is 60.7 Å². The summed E-state index contributed by atoms with van der Waals surface area (Å²) in [6, 6.07) is 4.99. The Hall–Kier alpha value is -3.65. The molecule has 0 saturated carbocycles. The van der Waals surface area contributed by atoms with Gasteiger partial charge in [0.1, 0.15) is 5.66 Å². The Balaban J connectivity index is 1.67. The molecule has 3 heterocycles. The van der Waals surface area contributed by atoms with Crippen LogP contribution in [0.25, 0.3) is 0 Å². The van der Waals surface area contributed by atoms with Crippen molar-refractivity contribution < 1.29 is 26.4 Å². The van der Waals surface area contributed by atoms with Crippen LogP contribution in [0, 0.1) is 5.82 Å². The first kappa shape index (κ1) is 25.4. The Morgan fingerprint density at radius 1 is 1.31 bits per heavy atom. The predicted molar refractivity (Wildman–Crippen MR) is 129 cm³/mol. The summed E-state index contributed by atoms with van der Waals surface area (Å²) in [4.78, 5) is 19.7. The van der Waals surface area contributed by atoms with E-state index in [1.54, 1.807) is 31.2 Å². The molecule has 1 amide bonds. The molecule has 1 unspecified atom stereocenters. The highest BCUT2D eigenvalue weighted by Gasteiger charge is 2.42. The Morgan fingerprint density at radius 2 is 2.06 bits per heavy atom. The third kappa shape index (κ3) is 5.14. The molecule has 0 saturated heterocycles. The summed E-state index contributed by atoms with van der Waals surface area (Å²) in [5.41, 5.74) is 0.713. The van der Waals surface area contributed by atoms with E-state index in [-0.39, 0.29) is 18.3 Å². The number of nitrogens with one attached hydrogen (secondary N) is 3. The van der Waals surface area contributed by atoms with Crippen molar-refractivity contribution in [3.05, 3.63) is 59.7 Å². The number of anilines is 4. The summed E-state index contributed by atoms with van der Waals surface area (Å²) in [6.07, 6.45) is 6.53. The van der Waals surface area contributed by atoms with Gasteiger partial charge in [0, 0.05) is 24.1 Å². The Morgan fingerprint density at radius 3 is 2.72 bits per heavy atom. The second-order valence-corrected chi connectivity index (χ2v) is 10.5. The summed E-state index contributed by atoms with van der Waals surface area (Å²) in [5, 5.41) is 8.44. The number of halogens is 3. The molecule has 3 N–H and O–H groups in total. The summed E-state index contributed by atoms with van der Waals surface area (Å²) < 4.78 is 69.0. The van der Waals surface area contributed by atoms with E-state index < -0.39 is 40.4 Å². The standard InChI is InChI=1S/C22H24F3N7O3S/c1-13-5-4-8-22(30-13,31(2)36(3,34)35)12-32(20(24)25)19-16(23)11-26-21(29-19)27-15-7-6-14-9-18(33)28-17(14)10-15/h4-8,10-11,20,30H,9,12H2,1-3H3,(H,28,33)(H,26,27,29). The van der Waals surface area contributed by atoms with Crippen molar-refractivity contribution in [1.29, 1.82) is 0 Å². The van der Waals surface area contributed by atoms with E-state index in [1.807, 2.05) is 0 Å². The number of carbonyl (C=O) groups excluding carboxylic acids is 1. The number of benzene rings is 1. The van der Waals surface area contributed by atoms with Crippen LogP contribution in [0.1, 0.15) is 12.5 Å². The molecule has 2 aromatic rings. The quantitative estimate of drug-likeness (QED) is 0.452. The smallest absolute Gasteiger partial charge is 0.316 e. The van der Waals surface area contributed by atoms with E-state index in [0.29, 0.717) is 22.0 Å². The summed E-state index contributed by atoms with van der Waals surface area (Å²) >= 11 is 0. The Kier molecular flexibility index (Phi) is 6.66. The Bertz CT molecular complexity index is 1370. The number of aromatic nitrogens is 2. The number of rotatable bonds is 8. The third-order valence-corrected chi connectivity index (χ3v) is 7.15. The fraction of sp³-hybridized carbons (Fsp3) is 0.318. The third-order valence-electron chi connectivity index (χ3n) is 5.83. The van der Waals surface area contributed by atoms with Gasteiger partial charge in [-0.05, 0) is 36.8 Å². The number of fused-ring (bicyclic) bond motifs is 1. The molecule has 0 fully saturated rings. The molecular formula is C22H24F3N7O3S. The van der Waals surface area contributed by atoms with Crippen LogP contribution < -0.4 is 20.9 Å². The molecule has 4 rings (SSSR count). The van der Waals surface area contributed by atoms with Crippen molar-refractivity contribution in [2.75, 3.05) is 35.4 Å². The maximum absolute atomic E-state index is 14.8. The molecule has 2 aliphatic rings. The first-order valence-corrected chi connectivity index (χ1v) is 12.6. The Labute approximate surface area is 206 Å². The largest absolute Gasteiger partial charge is 0.365 e. The molecule has 0 aliphatic carbocycles. The van der Waals surface area contributed by atoms with Gasteiger partial charge in [-0.15, -0.1) is 0 Å². The van der Waals surface area contributed by atoms with Gasteiger partial charge in [0.05, 0.1) is 25.4 Å². The maximum atomic E-state index is 14.8. The zero-order chi connectivity index (χ0) is 26.3. The molecular weight excluding hydrogens is 499 g/mol. The zero-order valence-electron chi connectivity index (χ0n) is 19.6. The average Bonchev–Trinajstić information content (AvgIpc) is 3.17. The summed E-state index contributed by atoms with van der Waals surface area (Å²) in [6.45, 7) is -2.26. The van der Waals surface area contributed by atoms with Crippen molar-refractivity contribution in [2.24, 2.45) is 0 Å². The van der Waals surface area contributed by atoms with Crippen molar-refractivity contribution >= 4 is 39.1 Å². The number of alkyl halides is 2. The van der Waals surface area contributed by atoms with Crippen LogP contribution in [-0.2, 0) is 21.2 Å². The van der Waals surface area contributed by atoms with E-state index in [0.717, 1.165) is 22.3 Å². The average molecular weight is 524 g/mol. The lowest BCUT2D eigenvalue weighted by molar-refractivity contribution is -0.115. The predicted octanol–water partition coefficient (Wildman–Crippen LogP) is 2.53. The number of dihydropyridines is 1. The van der Waals surface area contributed by atoms with Crippen LogP contribution in [0.5, 0.6) is 0 Å². The van der Waals surface area contributed by atoms with Crippen molar-refractivity contribution in [3.8, 4) is 0 Å². The fourth-order valence-electron chi connectivity index (χ4n) is 3.98. The second kappa shape index (κ2) is 9.43. The highest BCUT2D eigenvalue weighted by Crippen LogP contribution is 2.30. The lowest BCUT2D eigenvalue weighted by atomic mass is 10.1. The molecule has 2 aliphatic heterocycles. The van der Waals surface area contributed by atoms with Gasteiger partial charge in [0.25, 0.3) is 0 Å². The highest BCUT2D eigenvalue weighted by molar-refractivity contribution is 7.88. The molecule has 1 aromatic carbocycles. The SMILES string of the molecule is CC1=CC=CC(CN(c2nc(Nc3ccc4c(c3)NC(=O)C4)ncc2F)C(F)F)(N(C)S(C)(=O)=O)N1. The minimum absolute atomic E-state index is 0.154. The van der Waals surface area contributed by atoms with Crippen LogP contribution >= 0.6 is 0 Å². The number of sulfonamides is 1. The zero-order valence-corrected chi connectivity index (χ0v) is 20.4. The molecule has 1 aromatic heterocycles. The number of allylic oxidation sites excluding steroid dienone is 3. The van der Waals surface area contributed by atoms with Crippen molar-refractivity contribution in [1.82, 2.24) is 19.6 Å². The van der Waals surface area contributed by atoms with Gasteiger partial charge >= 0.3 is 6.55 Å². The molecule has 10 nitrogen and oxygen atoms in total. The van der Waals surface area contributed by atoms with Crippen LogP contribution in [0.15, 0.2) is 48.3 Å². The summed E-state index contributed by atoms with van der Waals surface area (Å²) in [7, 11) is -2.61. The molecule has 0 radical (unpaired) electrons. The van der Waals surface area contributed by atoms with Crippen molar-refractivity contribution in [3.63, 3.8) is 0 Å². The van der Waals surface area contributed by atoms with E-state index >= 15 is 0 Å². The maximum Gasteiger partial charge on any atom is 0.316 e. The molecule has 0 spiro atoms. The lowest BCUT2D eigenvalue weighted by Gasteiger charge is -2.44. The first-order chi connectivity index (χ1) is 16.9. The molecule has 1 atom stereocenters. The van der Waals surface area contributed by atoms with Crippen molar-refractivity contribution in [2.45, 2.75) is 25.6 Å². The first-order valence-electron chi connectivity index (χ1n) is 10.7. The normalized spacial score (nSPS) is 19.1. The van der Waals surface area contributed by atoms with Gasteiger partial charge in [-0.2, -0.15) is 18.1 Å². The topological polar surface area (TPSA) is 120 Å².